The molecule has 0 atom stereocenters. The Hall–Kier alpha value is -1.04. The Morgan fingerprint density at radius 2 is 1.80 bits per heavy atom. The number of hydrogen-bond acceptors (Lipinski definition) is 0. The highest BCUT2D eigenvalue weighted by molar-refractivity contribution is 5.49. The van der Waals surface area contributed by atoms with Crippen molar-refractivity contribution >= 4 is 6.08 Å². The maximum absolute atomic E-state index is 2.28. The molecule has 1 aromatic rings. The van der Waals surface area contributed by atoms with E-state index in [9.17, 15) is 0 Å². The molecule has 0 unspecified atom stereocenters. The van der Waals surface area contributed by atoms with Gasteiger partial charge in [0.15, 0.2) is 0 Å². The molecule has 1 rings (SSSR count). The lowest BCUT2D eigenvalue weighted by Crippen LogP contribution is -1.83. The van der Waals surface area contributed by atoms with Crippen LogP contribution in [0.5, 0.6) is 0 Å². The Morgan fingerprint density at radius 1 is 1.13 bits per heavy atom. The van der Waals surface area contributed by atoms with Crippen molar-refractivity contribution in [2.45, 2.75) is 40.0 Å². The van der Waals surface area contributed by atoms with Crippen LogP contribution in [0.3, 0.4) is 0 Å². The van der Waals surface area contributed by atoms with Crippen molar-refractivity contribution in [2.75, 3.05) is 0 Å². The smallest absolute Gasteiger partial charge is 0.0260 e. The van der Waals surface area contributed by atoms with Crippen LogP contribution in [-0.2, 0) is 6.42 Å². The van der Waals surface area contributed by atoms with Crippen LogP contribution in [0.15, 0.2) is 30.3 Å². The predicted molar refractivity (Wildman–Crippen MR) is 68.9 cm³/mol. The van der Waals surface area contributed by atoms with Crippen molar-refractivity contribution < 1.29 is 0 Å². The SMILES string of the molecule is CCc1ccc(/C=C/CCC(C)C)cc1. The van der Waals surface area contributed by atoms with Gasteiger partial charge >= 0.3 is 0 Å². The van der Waals surface area contributed by atoms with Crippen LogP contribution in [0, 0.1) is 5.92 Å². The van der Waals surface area contributed by atoms with Gasteiger partial charge < -0.3 is 0 Å². The second-order valence-corrected chi connectivity index (χ2v) is 4.47. The summed E-state index contributed by atoms with van der Waals surface area (Å²) in [5.74, 6) is 0.803. The van der Waals surface area contributed by atoms with Crippen molar-refractivity contribution in [3.8, 4) is 0 Å². The summed E-state index contributed by atoms with van der Waals surface area (Å²) >= 11 is 0. The van der Waals surface area contributed by atoms with E-state index in [-0.39, 0.29) is 0 Å². The molecule has 0 aliphatic carbocycles. The fraction of sp³-hybridized carbons (Fsp3) is 0.467. The number of hydrogen-bond donors (Lipinski definition) is 0. The molecule has 0 aromatic heterocycles. The summed E-state index contributed by atoms with van der Waals surface area (Å²) in [6, 6.07) is 8.82. The first-order chi connectivity index (χ1) is 7.22. The molecular formula is C15H22. The summed E-state index contributed by atoms with van der Waals surface area (Å²) in [6.45, 7) is 6.72. The third-order valence-corrected chi connectivity index (χ3v) is 2.61. The van der Waals surface area contributed by atoms with Crippen molar-refractivity contribution in [3.05, 3.63) is 41.5 Å². The minimum Gasteiger partial charge on any atom is -0.0839 e. The van der Waals surface area contributed by atoms with Crippen molar-refractivity contribution in [1.29, 1.82) is 0 Å². The van der Waals surface area contributed by atoms with E-state index in [1.54, 1.807) is 0 Å². The van der Waals surface area contributed by atoms with E-state index in [0.29, 0.717) is 0 Å². The molecule has 0 saturated heterocycles. The standard InChI is InChI=1S/C15H22/c1-4-14-9-11-15(12-10-14)8-6-5-7-13(2)3/h6,8-13H,4-5,7H2,1-3H3/b8-6+. The number of aryl methyl sites for hydroxylation is 1. The zero-order valence-electron chi connectivity index (χ0n) is 10.2. The first-order valence-corrected chi connectivity index (χ1v) is 5.98. The Balaban J connectivity index is 2.43. The first kappa shape index (κ1) is 12.0. The van der Waals surface area contributed by atoms with Gasteiger partial charge in [-0.3, -0.25) is 0 Å². The van der Waals surface area contributed by atoms with Gasteiger partial charge in [0.05, 0.1) is 0 Å². The lowest BCUT2D eigenvalue weighted by Gasteiger charge is -2.00. The molecule has 0 radical (unpaired) electrons. The van der Waals surface area contributed by atoms with E-state index >= 15 is 0 Å². The van der Waals surface area contributed by atoms with Gasteiger partial charge in [-0.15, -0.1) is 0 Å². The lowest BCUT2D eigenvalue weighted by molar-refractivity contribution is 0.595. The molecule has 0 nitrogen and oxygen atoms in total. The zero-order chi connectivity index (χ0) is 11.1. The Kier molecular flexibility index (Phi) is 5.17. The summed E-state index contributed by atoms with van der Waals surface area (Å²) in [7, 11) is 0. The van der Waals surface area contributed by atoms with E-state index in [1.807, 2.05) is 0 Å². The van der Waals surface area contributed by atoms with E-state index in [2.05, 4.69) is 57.2 Å². The van der Waals surface area contributed by atoms with E-state index < -0.39 is 0 Å². The Morgan fingerprint density at radius 3 is 2.33 bits per heavy atom. The number of allylic oxidation sites excluding steroid dienone is 1. The van der Waals surface area contributed by atoms with Crippen molar-refractivity contribution in [3.63, 3.8) is 0 Å². The van der Waals surface area contributed by atoms with Crippen molar-refractivity contribution in [2.24, 2.45) is 5.92 Å². The Labute approximate surface area is 94.0 Å². The summed E-state index contributed by atoms with van der Waals surface area (Å²) in [6.07, 6.45) is 8.09. The topological polar surface area (TPSA) is 0 Å². The molecule has 0 heteroatoms. The Bertz CT molecular complexity index is 290. The molecule has 0 aliphatic rings. The minimum atomic E-state index is 0.803. The average Bonchev–Trinajstić information content (AvgIpc) is 2.25. The molecule has 0 N–H and O–H groups in total. The maximum Gasteiger partial charge on any atom is -0.0260 e. The average molecular weight is 202 g/mol. The molecule has 0 bridgehead atoms. The van der Waals surface area contributed by atoms with Gasteiger partial charge in [0.2, 0.25) is 0 Å². The summed E-state index contributed by atoms with van der Waals surface area (Å²) < 4.78 is 0. The van der Waals surface area contributed by atoms with Gasteiger partial charge in [-0.2, -0.15) is 0 Å². The molecule has 15 heavy (non-hydrogen) atoms. The minimum absolute atomic E-state index is 0.803. The fourth-order valence-corrected chi connectivity index (χ4v) is 1.51. The molecular weight excluding hydrogens is 180 g/mol. The maximum atomic E-state index is 2.28. The zero-order valence-corrected chi connectivity index (χ0v) is 10.2. The van der Waals surface area contributed by atoms with Crippen LogP contribution in [0.1, 0.15) is 44.7 Å². The molecule has 0 aliphatic heterocycles. The summed E-state index contributed by atoms with van der Waals surface area (Å²) in [5.41, 5.74) is 2.73. The van der Waals surface area contributed by atoms with E-state index in [0.717, 1.165) is 12.3 Å². The van der Waals surface area contributed by atoms with Crippen LogP contribution >= 0.6 is 0 Å². The van der Waals surface area contributed by atoms with Gasteiger partial charge in [-0.05, 0) is 36.3 Å². The van der Waals surface area contributed by atoms with Crippen LogP contribution in [-0.4, -0.2) is 0 Å². The predicted octanol–water partition coefficient (Wildman–Crippen LogP) is 4.70. The molecule has 0 spiro atoms. The number of benzene rings is 1. The van der Waals surface area contributed by atoms with Gasteiger partial charge in [0, 0.05) is 0 Å². The van der Waals surface area contributed by atoms with Crippen LogP contribution < -0.4 is 0 Å². The van der Waals surface area contributed by atoms with Gasteiger partial charge in [-0.1, -0.05) is 57.2 Å². The molecule has 0 saturated carbocycles. The molecule has 82 valence electrons. The molecule has 0 amide bonds. The highest BCUT2D eigenvalue weighted by atomic mass is 14.0. The van der Waals surface area contributed by atoms with E-state index in [1.165, 1.54) is 24.0 Å². The number of rotatable bonds is 5. The summed E-state index contributed by atoms with van der Waals surface area (Å²) in [5, 5.41) is 0. The van der Waals surface area contributed by atoms with Gasteiger partial charge in [0.25, 0.3) is 0 Å². The monoisotopic (exact) mass is 202 g/mol. The lowest BCUT2D eigenvalue weighted by atomic mass is 10.1. The van der Waals surface area contributed by atoms with E-state index in [4.69, 9.17) is 0 Å². The quantitative estimate of drug-likeness (QED) is 0.649. The van der Waals surface area contributed by atoms with Crippen LogP contribution in [0.2, 0.25) is 0 Å². The largest absolute Gasteiger partial charge is 0.0839 e. The fourth-order valence-electron chi connectivity index (χ4n) is 1.51. The molecule has 0 heterocycles. The van der Waals surface area contributed by atoms with Gasteiger partial charge in [-0.25, -0.2) is 0 Å². The summed E-state index contributed by atoms with van der Waals surface area (Å²) in [4.78, 5) is 0. The van der Waals surface area contributed by atoms with Crippen LogP contribution in [0.4, 0.5) is 0 Å². The third kappa shape index (κ3) is 4.83. The second kappa shape index (κ2) is 6.44. The third-order valence-electron chi connectivity index (χ3n) is 2.61. The normalized spacial score (nSPS) is 11.5. The molecule has 0 fully saturated rings. The first-order valence-electron chi connectivity index (χ1n) is 5.98. The highest BCUT2D eigenvalue weighted by Gasteiger charge is 1.91. The van der Waals surface area contributed by atoms with Crippen molar-refractivity contribution in [1.82, 2.24) is 0 Å². The second-order valence-electron chi connectivity index (χ2n) is 4.47. The van der Waals surface area contributed by atoms with Gasteiger partial charge in [0.1, 0.15) is 0 Å². The molecule has 1 aromatic carbocycles. The highest BCUT2D eigenvalue weighted by Crippen LogP contribution is 2.09. The van der Waals surface area contributed by atoms with Crippen LogP contribution in [0.25, 0.3) is 6.08 Å².